The van der Waals surface area contributed by atoms with Gasteiger partial charge in [0.05, 0.1) is 10.4 Å². The number of thioether (sulfide) groups is 1. The number of nitrogens with one attached hydrogen (secondary N) is 1. The van der Waals surface area contributed by atoms with Crippen molar-refractivity contribution in [2.24, 2.45) is 0 Å². The molecule has 0 aliphatic heterocycles. The highest BCUT2D eigenvalue weighted by Gasteiger charge is 2.23. The molecule has 0 bridgehead atoms. The Balaban J connectivity index is 1.85. The monoisotopic (exact) mass is 323 g/mol. The molecule has 0 radical (unpaired) electrons. The second kappa shape index (κ2) is 6.42. The van der Waals surface area contributed by atoms with Crippen LogP contribution in [0.5, 0.6) is 0 Å². The Labute approximate surface area is 133 Å². The van der Waals surface area contributed by atoms with Gasteiger partial charge in [0.25, 0.3) is 0 Å². The molecule has 1 aliphatic rings. The SMILES string of the molecule is CCSc1ccccc1NC1CCCc2sc(Cl)cc21. The van der Waals surface area contributed by atoms with Gasteiger partial charge in [0, 0.05) is 15.5 Å². The van der Waals surface area contributed by atoms with Gasteiger partial charge in [-0.3, -0.25) is 0 Å². The summed E-state index contributed by atoms with van der Waals surface area (Å²) in [6, 6.07) is 11.1. The van der Waals surface area contributed by atoms with Gasteiger partial charge < -0.3 is 5.32 Å². The Morgan fingerprint density at radius 3 is 3.10 bits per heavy atom. The molecule has 1 N–H and O–H groups in total. The predicted molar refractivity (Wildman–Crippen MR) is 91.5 cm³/mol. The van der Waals surface area contributed by atoms with Gasteiger partial charge in [-0.2, -0.15) is 0 Å². The number of para-hydroxylation sites is 1. The summed E-state index contributed by atoms with van der Waals surface area (Å²) >= 11 is 9.82. The largest absolute Gasteiger partial charge is 0.377 e. The molecule has 0 fully saturated rings. The molecule has 0 saturated heterocycles. The summed E-state index contributed by atoms with van der Waals surface area (Å²) < 4.78 is 0.917. The molecule has 1 nitrogen and oxygen atoms in total. The van der Waals surface area contributed by atoms with E-state index in [0.717, 1.165) is 10.1 Å². The molecule has 106 valence electrons. The van der Waals surface area contributed by atoms with Gasteiger partial charge in [0.2, 0.25) is 0 Å². The van der Waals surface area contributed by atoms with E-state index in [0.29, 0.717) is 6.04 Å². The molecule has 4 heteroatoms. The fourth-order valence-electron chi connectivity index (χ4n) is 2.73. The summed E-state index contributed by atoms with van der Waals surface area (Å²) in [5.74, 6) is 1.10. The average molecular weight is 324 g/mol. The van der Waals surface area contributed by atoms with Crippen molar-refractivity contribution in [1.29, 1.82) is 0 Å². The van der Waals surface area contributed by atoms with Gasteiger partial charge in [-0.05, 0) is 48.8 Å². The van der Waals surface area contributed by atoms with E-state index in [2.05, 4.69) is 42.6 Å². The lowest BCUT2D eigenvalue weighted by molar-refractivity contribution is 0.608. The first-order valence-electron chi connectivity index (χ1n) is 7.04. The van der Waals surface area contributed by atoms with Crippen molar-refractivity contribution in [1.82, 2.24) is 0 Å². The Kier molecular flexibility index (Phi) is 4.59. The van der Waals surface area contributed by atoms with E-state index in [1.165, 1.54) is 40.3 Å². The molecule has 3 rings (SSSR count). The van der Waals surface area contributed by atoms with Crippen LogP contribution in [0.15, 0.2) is 35.2 Å². The summed E-state index contributed by atoms with van der Waals surface area (Å²) in [6.07, 6.45) is 3.60. The summed E-state index contributed by atoms with van der Waals surface area (Å²) in [5, 5.41) is 3.73. The smallest absolute Gasteiger partial charge is 0.0934 e. The van der Waals surface area contributed by atoms with Crippen molar-refractivity contribution < 1.29 is 0 Å². The van der Waals surface area contributed by atoms with Crippen LogP contribution in [0.2, 0.25) is 4.34 Å². The van der Waals surface area contributed by atoms with E-state index in [4.69, 9.17) is 11.6 Å². The topological polar surface area (TPSA) is 12.0 Å². The number of hydrogen-bond donors (Lipinski definition) is 1. The lowest BCUT2D eigenvalue weighted by Crippen LogP contribution is -2.16. The highest BCUT2D eigenvalue weighted by Crippen LogP contribution is 2.40. The van der Waals surface area contributed by atoms with Gasteiger partial charge in [0.15, 0.2) is 0 Å². The summed E-state index contributed by atoms with van der Waals surface area (Å²) in [5.41, 5.74) is 2.65. The summed E-state index contributed by atoms with van der Waals surface area (Å²) in [6.45, 7) is 2.19. The minimum absolute atomic E-state index is 0.404. The zero-order chi connectivity index (χ0) is 13.9. The van der Waals surface area contributed by atoms with Crippen LogP contribution in [0.25, 0.3) is 0 Å². The van der Waals surface area contributed by atoms with Crippen LogP contribution < -0.4 is 5.32 Å². The van der Waals surface area contributed by atoms with Crippen LogP contribution in [0.3, 0.4) is 0 Å². The second-order valence-corrected chi connectivity index (χ2v) is 8.02. The molecular weight excluding hydrogens is 306 g/mol. The third kappa shape index (κ3) is 3.00. The van der Waals surface area contributed by atoms with Crippen molar-refractivity contribution in [3.63, 3.8) is 0 Å². The summed E-state index contributed by atoms with van der Waals surface area (Å²) in [7, 11) is 0. The van der Waals surface area contributed by atoms with Crippen molar-refractivity contribution in [2.45, 2.75) is 37.1 Å². The minimum Gasteiger partial charge on any atom is -0.377 e. The van der Waals surface area contributed by atoms with E-state index >= 15 is 0 Å². The van der Waals surface area contributed by atoms with E-state index in [-0.39, 0.29) is 0 Å². The van der Waals surface area contributed by atoms with Gasteiger partial charge in [-0.1, -0.05) is 30.7 Å². The average Bonchev–Trinajstić information content (AvgIpc) is 2.83. The van der Waals surface area contributed by atoms with Crippen LogP contribution in [0.1, 0.15) is 36.2 Å². The fraction of sp³-hybridized carbons (Fsp3) is 0.375. The Morgan fingerprint density at radius 2 is 2.25 bits per heavy atom. The highest BCUT2D eigenvalue weighted by molar-refractivity contribution is 7.99. The van der Waals surface area contributed by atoms with Crippen LogP contribution in [-0.2, 0) is 6.42 Å². The first kappa shape index (κ1) is 14.3. The number of anilines is 1. The maximum Gasteiger partial charge on any atom is 0.0934 e. The standard InChI is InChI=1S/C16H18ClNS2/c1-2-19-15-8-4-3-6-13(15)18-12-7-5-9-14-11(12)10-16(17)20-14/h3-4,6,8,10,12,18H,2,5,7,9H2,1H3. The zero-order valence-electron chi connectivity index (χ0n) is 11.5. The molecule has 2 aromatic rings. The number of rotatable bonds is 4. The molecule has 1 aromatic heterocycles. The molecule has 1 heterocycles. The van der Waals surface area contributed by atoms with Gasteiger partial charge in [-0.15, -0.1) is 23.1 Å². The molecule has 1 unspecified atom stereocenters. The normalized spacial score (nSPS) is 17.8. The first-order valence-corrected chi connectivity index (χ1v) is 9.22. The Bertz CT molecular complexity index is 594. The van der Waals surface area contributed by atoms with Crippen molar-refractivity contribution in [3.05, 3.63) is 45.1 Å². The summed E-state index contributed by atoms with van der Waals surface area (Å²) in [4.78, 5) is 2.79. The quantitative estimate of drug-likeness (QED) is 0.692. The molecule has 0 amide bonds. The van der Waals surface area contributed by atoms with E-state index in [1.54, 1.807) is 11.3 Å². The molecule has 1 aliphatic carbocycles. The maximum atomic E-state index is 6.19. The van der Waals surface area contributed by atoms with Crippen molar-refractivity contribution in [2.75, 3.05) is 11.1 Å². The maximum absolute atomic E-state index is 6.19. The zero-order valence-corrected chi connectivity index (χ0v) is 13.9. The Morgan fingerprint density at radius 1 is 1.40 bits per heavy atom. The molecule has 20 heavy (non-hydrogen) atoms. The van der Waals surface area contributed by atoms with E-state index < -0.39 is 0 Å². The van der Waals surface area contributed by atoms with Gasteiger partial charge in [-0.25, -0.2) is 0 Å². The molecule has 0 spiro atoms. The lowest BCUT2D eigenvalue weighted by atomic mass is 9.94. The van der Waals surface area contributed by atoms with Crippen molar-refractivity contribution >= 4 is 40.4 Å². The number of halogens is 1. The van der Waals surface area contributed by atoms with Gasteiger partial charge >= 0.3 is 0 Å². The van der Waals surface area contributed by atoms with Gasteiger partial charge in [0.1, 0.15) is 0 Å². The molecule has 1 aromatic carbocycles. The molecular formula is C16H18ClNS2. The van der Waals surface area contributed by atoms with E-state index in [9.17, 15) is 0 Å². The van der Waals surface area contributed by atoms with Crippen LogP contribution >= 0.6 is 34.7 Å². The highest BCUT2D eigenvalue weighted by atomic mass is 35.5. The number of thiophene rings is 1. The van der Waals surface area contributed by atoms with Crippen LogP contribution in [0.4, 0.5) is 5.69 Å². The van der Waals surface area contributed by atoms with E-state index in [1.807, 2.05) is 11.8 Å². The van der Waals surface area contributed by atoms with Crippen molar-refractivity contribution in [3.8, 4) is 0 Å². The van der Waals surface area contributed by atoms with Crippen LogP contribution in [0, 0.1) is 0 Å². The third-order valence-electron chi connectivity index (χ3n) is 3.60. The fourth-order valence-corrected chi connectivity index (χ4v) is 4.88. The first-order chi connectivity index (χ1) is 9.78. The Hall–Kier alpha value is -0.640. The number of fused-ring (bicyclic) bond motifs is 1. The van der Waals surface area contributed by atoms with Crippen LogP contribution in [-0.4, -0.2) is 5.75 Å². The number of hydrogen-bond acceptors (Lipinski definition) is 3. The third-order valence-corrected chi connectivity index (χ3v) is 5.90. The lowest BCUT2D eigenvalue weighted by Gasteiger charge is -2.25. The predicted octanol–water partition coefficient (Wildman–Crippen LogP) is 6.00. The molecule has 1 atom stereocenters. The second-order valence-electron chi connectivity index (χ2n) is 4.95. The minimum atomic E-state index is 0.404. The molecule has 0 saturated carbocycles. The number of benzene rings is 1. The number of aryl methyl sites for hydroxylation is 1.